The van der Waals surface area contributed by atoms with Gasteiger partial charge in [-0.2, -0.15) is 0 Å². The van der Waals surface area contributed by atoms with E-state index in [1.54, 1.807) is 33.5 Å². The Kier molecular flexibility index (Phi) is 14.3. The Morgan fingerprint density at radius 2 is 1.72 bits per heavy atom. The number of alkyl carbamates (subject to hydrolysis) is 2. The summed E-state index contributed by atoms with van der Waals surface area (Å²) in [5.41, 5.74) is 4.06. The Morgan fingerprint density at radius 1 is 0.946 bits per heavy atom. The number of halogens is 1. The molecular formula is C54H65FN10O8S. The highest BCUT2D eigenvalue weighted by molar-refractivity contribution is 7.11. The van der Waals surface area contributed by atoms with Crippen LogP contribution in [0.1, 0.15) is 113 Å². The highest BCUT2D eigenvalue weighted by Crippen LogP contribution is 2.48. The summed E-state index contributed by atoms with van der Waals surface area (Å²) in [6, 6.07) is 9.42. The third kappa shape index (κ3) is 10.3. The first-order valence-corrected chi connectivity index (χ1v) is 26.5. The summed E-state index contributed by atoms with van der Waals surface area (Å²) in [5, 5.41) is 7.42. The standard InChI is InChI=1S/C54H65FN10O8S/c1-8-16-63(49(66)47(62-53(69)71-7)32-15-18-72-54(4,5)24-32)28-43-56-25-36(59-43)31-13-14-38-34(20-31)22-40-45-35(55)21-33(23-41(45)73-51(65(38)40)42-27-57-44(74-42)19-30-11-12-30)37-26-58-48(60-37)39-10-9-17-64(39)50(67)46(29(2)3)61-52(68)70-6/h13-14,20-23,25-27,29-30,32,39,46-47,51H,8-12,15-19,24,28H2,1-7H3,(H,56,59)(H,58,60)(H,61,68)(H,62,69). The van der Waals surface area contributed by atoms with E-state index < -0.39 is 41.9 Å². The van der Waals surface area contributed by atoms with Gasteiger partial charge in [0.2, 0.25) is 18.0 Å². The van der Waals surface area contributed by atoms with Gasteiger partial charge in [0, 0.05) is 48.8 Å². The summed E-state index contributed by atoms with van der Waals surface area (Å²) in [6.07, 6.45) is 9.96. The molecule has 2 saturated heterocycles. The average molecular weight is 1030 g/mol. The van der Waals surface area contributed by atoms with Gasteiger partial charge in [0.1, 0.15) is 35.3 Å². The van der Waals surface area contributed by atoms with Gasteiger partial charge >= 0.3 is 12.2 Å². The summed E-state index contributed by atoms with van der Waals surface area (Å²) < 4.78 is 41.6. The van der Waals surface area contributed by atoms with Gasteiger partial charge < -0.3 is 49.3 Å². The minimum Gasteiger partial charge on any atom is -0.464 e. The van der Waals surface area contributed by atoms with Crippen LogP contribution in [0, 0.1) is 23.6 Å². The Bertz CT molecular complexity index is 3070. The van der Waals surface area contributed by atoms with Crippen molar-refractivity contribution < 1.29 is 42.5 Å². The van der Waals surface area contributed by atoms with Crippen molar-refractivity contribution in [3.63, 3.8) is 0 Å². The van der Waals surface area contributed by atoms with Crippen LogP contribution in [0.5, 0.6) is 5.75 Å². The normalized spacial score (nSPS) is 19.9. The maximum absolute atomic E-state index is 17.0. The van der Waals surface area contributed by atoms with Gasteiger partial charge in [0.05, 0.1) is 82.8 Å². The van der Waals surface area contributed by atoms with Gasteiger partial charge in [-0.05, 0) is 107 Å². The fraction of sp³-hybridized carbons (Fsp3) is 0.500. The monoisotopic (exact) mass is 1030 g/mol. The van der Waals surface area contributed by atoms with E-state index in [4.69, 9.17) is 33.9 Å². The number of hydrogen-bond acceptors (Lipinski definition) is 12. The first kappa shape index (κ1) is 50.7. The molecule has 10 rings (SSSR count). The minimum absolute atomic E-state index is 0.147. The second kappa shape index (κ2) is 20.8. The number of aromatic amines is 2. The zero-order chi connectivity index (χ0) is 52.0. The van der Waals surface area contributed by atoms with Crippen molar-refractivity contribution in [2.24, 2.45) is 17.8 Å². The van der Waals surface area contributed by atoms with E-state index >= 15 is 4.39 Å². The molecule has 18 nitrogen and oxygen atoms in total. The van der Waals surface area contributed by atoms with Gasteiger partial charge in [0.25, 0.3) is 0 Å². The van der Waals surface area contributed by atoms with Crippen molar-refractivity contribution in [1.82, 2.24) is 49.9 Å². The minimum atomic E-state index is -0.799. The number of rotatable bonds is 16. The molecule has 3 fully saturated rings. The van der Waals surface area contributed by atoms with Crippen LogP contribution >= 0.6 is 11.3 Å². The summed E-state index contributed by atoms with van der Waals surface area (Å²) in [4.78, 5) is 78.4. The smallest absolute Gasteiger partial charge is 0.407 e. The lowest BCUT2D eigenvalue weighted by molar-refractivity contribution is -0.139. The SMILES string of the molecule is CCCN(Cc1ncc(-c2ccc3c(c2)cc2n3C(c3cnc(CC4CC4)s3)Oc3cc(-c4cnc(C5CCCN5C(=O)C(NC(=O)OC)C(C)C)[nH]4)cc(F)c3-2)[nH]1)C(=O)C(NC(=O)OC)C1CCOC(C)(C)C1. The maximum Gasteiger partial charge on any atom is 0.407 e. The summed E-state index contributed by atoms with van der Waals surface area (Å²) in [7, 11) is 2.56. The van der Waals surface area contributed by atoms with Crippen LogP contribution in [0.4, 0.5) is 14.0 Å². The molecule has 0 spiro atoms. The number of nitrogens with one attached hydrogen (secondary N) is 4. The van der Waals surface area contributed by atoms with Gasteiger partial charge in [-0.15, -0.1) is 11.3 Å². The summed E-state index contributed by atoms with van der Waals surface area (Å²) in [5.74, 6) is 0.936. The third-order valence-electron chi connectivity index (χ3n) is 14.8. The van der Waals surface area contributed by atoms with E-state index in [0.29, 0.717) is 91.2 Å². The topological polar surface area (TPSA) is 211 Å². The Morgan fingerprint density at radius 3 is 2.46 bits per heavy atom. The fourth-order valence-electron chi connectivity index (χ4n) is 10.9. The van der Waals surface area contributed by atoms with Gasteiger partial charge in [-0.3, -0.25) is 14.2 Å². The molecular weight excluding hydrogens is 968 g/mol. The maximum atomic E-state index is 17.0. The van der Waals surface area contributed by atoms with Gasteiger partial charge in [0.15, 0.2) is 0 Å². The second-order valence-electron chi connectivity index (χ2n) is 21.0. The number of carbonyl (C=O) groups excluding carboxylic acids is 4. The molecule has 4 N–H and O–H groups in total. The average Bonchev–Trinajstić information content (AvgIpc) is 3.99. The van der Waals surface area contributed by atoms with Crippen molar-refractivity contribution in [2.75, 3.05) is 33.9 Å². The molecule has 6 aromatic rings. The van der Waals surface area contributed by atoms with Crippen LogP contribution in [-0.4, -0.2) is 115 Å². The van der Waals surface area contributed by atoms with E-state index in [0.717, 1.165) is 44.9 Å². The number of carbonyl (C=O) groups is 4. The number of ether oxygens (including phenoxy) is 4. The fourth-order valence-corrected chi connectivity index (χ4v) is 11.9. The molecule has 3 aliphatic heterocycles. The lowest BCUT2D eigenvalue weighted by Gasteiger charge is -2.40. The molecule has 1 aliphatic carbocycles. The zero-order valence-electron chi connectivity index (χ0n) is 43.0. The number of thiazole rings is 1. The van der Waals surface area contributed by atoms with Gasteiger partial charge in [-0.1, -0.05) is 26.8 Å². The van der Waals surface area contributed by atoms with Crippen molar-refractivity contribution >= 4 is 46.2 Å². The molecule has 7 heterocycles. The molecule has 5 atom stereocenters. The number of H-pyrrole nitrogens is 2. The third-order valence-corrected chi connectivity index (χ3v) is 15.8. The van der Waals surface area contributed by atoms with E-state index in [2.05, 4.69) is 20.6 Å². The van der Waals surface area contributed by atoms with E-state index in [1.807, 2.05) is 75.7 Å². The lowest BCUT2D eigenvalue weighted by atomic mass is 9.82. The molecule has 4 amide bonds. The van der Waals surface area contributed by atoms with E-state index in [1.165, 1.54) is 33.1 Å². The highest BCUT2D eigenvalue weighted by atomic mass is 32.1. The molecule has 5 unspecified atom stereocenters. The van der Waals surface area contributed by atoms with Crippen LogP contribution in [0.25, 0.3) is 44.7 Å². The zero-order valence-corrected chi connectivity index (χ0v) is 43.8. The lowest BCUT2D eigenvalue weighted by Crippen LogP contribution is -2.55. The number of hydrogen-bond donors (Lipinski definition) is 4. The predicted octanol–water partition coefficient (Wildman–Crippen LogP) is 9.29. The molecule has 2 aromatic carbocycles. The molecule has 20 heteroatoms. The number of aromatic nitrogens is 6. The van der Waals surface area contributed by atoms with Crippen molar-refractivity contribution in [3.8, 4) is 39.5 Å². The number of imidazole rings is 2. The van der Waals surface area contributed by atoms with E-state index in [-0.39, 0.29) is 36.2 Å². The largest absolute Gasteiger partial charge is 0.464 e. The van der Waals surface area contributed by atoms with Crippen LogP contribution < -0.4 is 15.4 Å². The molecule has 0 radical (unpaired) electrons. The highest BCUT2D eigenvalue weighted by Gasteiger charge is 2.41. The molecule has 4 aliphatic rings. The summed E-state index contributed by atoms with van der Waals surface area (Å²) >= 11 is 1.61. The van der Waals surface area contributed by atoms with Crippen LogP contribution in [-0.2, 0) is 36.8 Å². The Labute approximate surface area is 433 Å². The summed E-state index contributed by atoms with van der Waals surface area (Å²) in [6.45, 7) is 11.4. The van der Waals surface area contributed by atoms with Crippen LogP contribution in [0.15, 0.2) is 55.0 Å². The molecule has 1 saturated carbocycles. The number of amides is 4. The Hall–Kier alpha value is -6.80. The number of likely N-dealkylation sites (tertiary alicyclic amines) is 1. The van der Waals surface area contributed by atoms with Crippen molar-refractivity contribution in [2.45, 2.75) is 122 Å². The number of nitrogens with zero attached hydrogens (tertiary/aromatic N) is 6. The van der Waals surface area contributed by atoms with Crippen molar-refractivity contribution in [3.05, 3.63) is 82.3 Å². The predicted molar refractivity (Wildman–Crippen MR) is 275 cm³/mol. The molecule has 392 valence electrons. The molecule has 74 heavy (non-hydrogen) atoms. The first-order valence-electron chi connectivity index (χ1n) is 25.7. The van der Waals surface area contributed by atoms with Crippen LogP contribution in [0.2, 0.25) is 0 Å². The molecule has 4 aromatic heterocycles. The van der Waals surface area contributed by atoms with Crippen LogP contribution in [0.3, 0.4) is 0 Å². The molecule has 0 bridgehead atoms. The Balaban J connectivity index is 0.945. The quantitative estimate of drug-likeness (QED) is 0.0718. The number of methoxy groups -OCH3 is 2. The number of benzene rings is 2. The number of fused-ring (bicyclic) bond motifs is 5. The first-order chi connectivity index (χ1) is 35.6. The van der Waals surface area contributed by atoms with Gasteiger partial charge in [-0.25, -0.2) is 28.9 Å². The second-order valence-corrected chi connectivity index (χ2v) is 22.1. The van der Waals surface area contributed by atoms with Crippen molar-refractivity contribution in [1.29, 1.82) is 0 Å². The van der Waals surface area contributed by atoms with E-state index in [9.17, 15) is 19.2 Å².